The molecule has 1 unspecified atom stereocenters. The van der Waals surface area contributed by atoms with Crippen molar-refractivity contribution in [3.05, 3.63) is 83.7 Å². The number of nitrogens with zero attached hydrogens (tertiary/aromatic N) is 4. The number of H-pyrrole nitrogens is 1. The molecule has 2 aromatic heterocycles. The quantitative estimate of drug-likeness (QED) is 0.203. The van der Waals surface area contributed by atoms with Crippen molar-refractivity contribution in [1.29, 1.82) is 0 Å². The van der Waals surface area contributed by atoms with Crippen molar-refractivity contribution in [2.75, 3.05) is 50.9 Å². The number of hydrogen-bond donors (Lipinski definition) is 4. The molecule has 4 N–H and O–H groups in total. The summed E-state index contributed by atoms with van der Waals surface area (Å²) in [6.45, 7) is 3.07. The number of fused-ring (bicyclic) bond motifs is 1. The summed E-state index contributed by atoms with van der Waals surface area (Å²) in [5, 5.41) is 10.3. The number of likely N-dealkylation sites (N-methyl/N-ethyl adjacent to an activating group) is 1. The van der Waals surface area contributed by atoms with Gasteiger partial charge in [-0.1, -0.05) is 42.0 Å². The van der Waals surface area contributed by atoms with E-state index in [0.29, 0.717) is 28.8 Å². The molecule has 1 fully saturated rings. The van der Waals surface area contributed by atoms with E-state index in [4.69, 9.17) is 16.6 Å². The number of hydrazine groups is 1. The molecule has 40 heavy (non-hydrogen) atoms. The molecule has 1 atom stereocenters. The van der Waals surface area contributed by atoms with Crippen LogP contribution in [0.5, 0.6) is 0 Å². The molecule has 208 valence electrons. The molecule has 3 heterocycles. The first kappa shape index (κ1) is 27.6. The molecule has 5 rings (SSSR count). The van der Waals surface area contributed by atoms with Gasteiger partial charge >= 0.3 is 0 Å². The maximum absolute atomic E-state index is 12.9. The number of anilines is 2. The van der Waals surface area contributed by atoms with Crippen LogP contribution in [0.15, 0.2) is 73.1 Å². The highest BCUT2D eigenvalue weighted by molar-refractivity contribution is 6.33. The molecule has 1 saturated heterocycles. The number of aromatic nitrogens is 3. The smallest absolute Gasteiger partial charge is 0.265 e. The number of halogens is 1. The van der Waals surface area contributed by atoms with Gasteiger partial charge in [-0.25, -0.2) is 15.0 Å². The molecule has 0 aliphatic carbocycles. The fourth-order valence-corrected chi connectivity index (χ4v) is 4.96. The molecule has 9 nitrogen and oxygen atoms in total. The summed E-state index contributed by atoms with van der Waals surface area (Å²) in [5.74, 6) is 0.393. The highest BCUT2D eigenvalue weighted by atomic mass is 35.5. The average molecular weight is 559 g/mol. The van der Waals surface area contributed by atoms with Crippen molar-refractivity contribution >= 4 is 40.0 Å². The third-order valence-corrected chi connectivity index (χ3v) is 7.09. The molecule has 10 heteroatoms. The van der Waals surface area contributed by atoms with Crippen molar-refractivity contribution in [3.63, 3.8) is 0 Å². The number of rotatable bonds is 10. The van der Waals surface area contributed by atoms with Gasteiger partial charge in [-0.15, -0.1) is 0 Å². The van der Waals surface area contributed by atoms with Gasteiger partial charge in [0.25, 0.3) is 5.91 Å². The van der Waals surface area contributed by atoms with E-state index in [1.54, 1.807) is 6.20 Å². The second-order valence-electron chi connectivity index (χ2n) is 10.2. The van der Waals surface area contributed by atoms with Crippen LogP contribution in [0, 0.1) is 0 Å². The number of carbonyl (C=O) groups is 1. The van der Waals surface area contributed by atoms with Crippen molar-refractivity contribution in [2.45, 2.75) is 18.9 Å². The van der Waals surface area contributed by atoms with Crippen molar-refractivity contribution in [2.24, 2.45) is 0 Å². The van der Waals surface area contributed by atoms with Crippen molar-refractivity contribution in [1.82, 2.24) is 30.3 Å². The van der Waals surface area contributed by atoms with Crippen LogP contribution in [-0.2, 0) is 0 Å². The fraction of sp³-hybridized carbons (Fsp3) is 0.300. The standard InChI is InChI=1S/C30H35ClN8O/c1-38(2)16-6-5-15-32-22-13-11-21(12-14-22)29(40)37-39-17-7-8-23(20-39)35-30-34-19-26(31)28(36-30)25-18-33-27-10-4-3-9-24(25)27/h3-6,9-14,18-19,23,32-33H,7-8,15-17,20H2,1-2H3,(H,37,40)(H,34,35,36)/b6-5-. The molecule has 0 saturated carbocycles. The zero-order valence-corrected chi connectivity index (χ0v) is 23.6. The van der Waals surface area contributed by atoms with Gasteiger partial charge in [0.15, 0.2) is 0 Å². The minimum absolute atomic E-state index is 0.0816. The monoisotopic (exact) mass is 558 g/mol. The third kappa shape index (κ3) is 6.98. The Balaban J connectivity index is 1.16. The number of piperidine rings is 1. The highest BCUT2D eigenvalue weighted by Crippen LogP contribution is 2.32. The Hall–Kier alpha value is -3.92. The summed E-state index contributed by atoms with van der Waals surface area (Å²) in [7, 11) is 4.08. The fourth-order valence-electron chi connectivity index (χ4n) is 4.77. The molecule has 1 amide bonds. The zero-order chi connectivity index (χ0) is 27.9. The normalized spacial score (nSPS) is 16.1. The molecule has 1 aliphatic heterocycles. The summed E-state index contributed by atoms with van der Waals surface area (Å²) >= 11 is 6.50. The number of benzene rings is 2. The van der Waals surface area contributed by atoms with Gasteiger partial charge in [-0.05, 0) is 57.3 Å². The number of amides is 1. The molecule has 2 aromatic carbocycles. The van der Waals surface area contributed by atoms with E-state index in [-0.39, 0.29) is 11.9 Å². The Morgan fingerprint density at radius 3 is 2.83 bits per heavy atom. The maximum Gasteiger partial charge on any atom is 0.265 e. The molecule has 1 aliphatic rings. The number of hydrogen-bond acceptors (Lipinski definition) is 7. The summed E-state index contributed by atoms with van der Waals surface area (Å²) in [4.78, 5) is 27.5. The van der Waals surface area contributed by atoms with E-state index in [9.17, 15) is 4.79 Å². The van der Waals surface area contributed by atoms with Gasteiger partial charge < -0.3 is 20.5 Å². The van der Waals surface area contributed by atoms with Crippen LogP contribution in [0.3, 0.4) is 0 Å². The van der Waals surface area contributed by atoms with Crippen LogP contribution in [-0.4, -0.2) is 77.1 Å². The second-order valence-corrected chi connectivity index (χ2v) is 10.6. The van der Waals surface area contributed by atoms with Gasteiger partial charge in [0.2, 0.25) is 5.95 Å². The van der Waals surface area contributed by atoms with Gasteiger partial charge in [0.05, 0.1) is 16.9 Å². The minimum Gasteiger partial charge on any atom is -0.382 e. The average Bonchev–Trinajstić information content (AvgIpc) is 3.38. The predicted molar refractivity (Wildman–Crippen MR) is 163 cm³/mol. The third-order valence-electron chi connectivity index (χ3n) is 6.81. The topological polar surface area (TPSA) is 101 Å². The van der Waals surface area contributed by atoms with E-state index in [1.165, 1.54) is 0 Å². The van der Waals surface area contributed by atoms with Crippen molar-refractivity contribution < 1.29 is 4.79 Å². The Morgan fingerprint density at radius 2 is 2.00 bits per heavy atom. The lowest BCUT2D eigenvalue weighted by Crippen LogP contribution is -2.51. The van der Waals surface area contributed by atoms with Gasteiger partial charge in [-0.2, -0.15) is 0 Å². The van der Waals surface area contributed by atoms with E-state index in [0.717, 1.165) is 54.6 Å². The van der Waals surface area contributed by atoms with Gasteiger partial charge in [0.1, 0.15) is 0 Å². The predicted octanol–water partition coefficient (Wildman–Crippen LogP) is 5.03. The van der Waals surface area contributed by atoms with E-state index in [2.05, 4.69) is 43.1 Å². The lowest BCUT2D eigenvalue weighted by Gasteiger charge is -2.33. The van der Waals surface area contributed by atoms with Crippen LogP contribution >= 0.6 is 11.6 Å². The first-order valence-electron chi connectivity index (χ1n) is 13.5. The molecule has 0 radical (unpaired) electrons. The first-order chi connectivity index (χ1) is 19.5. The summed E-state index contributed by atoms with van der Waals surface area (Å²) in [6, 6.07) is 15.7. The van der Waals surface area contributed by atoms with Crippen LogP contribution < -0.4 is 16.1 Å². The lowest BCUT2D eigenvalue weighted by molar-refractivity contribution is 0.0738. The lowest BCUT2D eigenvalue weighted by atomic mass is 10.1. The van der Waals surface area contributed by atoms with Crippen LogP contribution in [0.4, 0.5) is 11.6 Å². The Labute approximate surface area is 239 Å². The van der Waals surface area contributed by atoms with E-state index in [1.807, 2.05) is 73.8 Å². The number of para-hydroxylation sites is 1. The molecule has 0 spiro atoms. The molecule has 4 aromatic rings. The van der Waals surface area contributed by atoms with Crippen LogP contribution in [0.2, 0.25) is 5.02 Å². The number of aromatic amines is 1. The Bertz CT molecular complexity index is 1470. The Kier molecular flexibility index (Phi) is 8.95. The SMILES string of the molecule is CN(C)C/C=C\CNc1ccc(C(=O)NN2CCCC(Nc3ncc(Cl)c(-c4c[nH]c5ccccc45)n3)C2)cc1. The summed E-state index contributed by atoms with van der Waals surface area (Å²) in [6.07, 6.45) is 9.66. The largest absolute Gasteiger partial charge is 0.382 e. The first-order valence-corrected chi connectivity index (χ1v) is 13.9. The molecular weight excluding hydrogens is 524 g/mol. The van der Waals surface area contributed by atoms with Gasteiger partial charge in [0, 0.05) is 66.1 Å². The van der Waals surface area contributed by atoms with Crippen LogP contribution in [0.1, 0.15) is 23.2 Å². The number of nitrogens with one attached hydrogen (secondary N) is 4. The van der Waals surface area contributed by atoms with Gasteiger partial charge in [-0.3, -0.25) is 10.2 Å². The Morgan fingerprint density at radius 1 is 1.18 bits per heavy atom. The van der Waals surface area contributed by atoms with E-state index >= 15 is 0 Å². The number of carbonyl (C=O) groups excluding carboxylic acids is 1. The second kappa shape index (κ2) is 13.0. The zero-order valence-electron chi connectivity index (χ0n) is 22.8. The maximum atomic E-state index is 12.9. The minimum atomic E-state index is -0.123. The summed E-state index contributed by atoms with van der Waals surface area (Å²) in [5.41, 5.74) is 7.29. The van der Waals surface area contributed by atoms with Crippen LogP contribution in [0.25, 0.3) is 22.2 Å². The molecular formula is C30H35ClN8O. The summed E-state index contributed by atoms with van der Waals surface area (Å²) < 4.78 is 0. The highest BCUT2D eigenvalue weighted by Gasteiger charge is 2.23. The van der Waals surface area contributed by atoms with Crippen molar-refractivity contribution in [3.8, 4) is 11.3 Å². The molecule has 0 bridgehead atoms. The van der Waals surface area contributed by atoms with E-state index < -0.39 is 0 Å².